The molecule has 2 heterocycles. The Morgan fingerprint density at radius 3 is 2.67 bits per heavy atom. The summed E-state index contributed by atoms with van der Waals surface area (Å²) in [5, 5.41) is 8.80. The second kappa shape index (κ2) is 4.50. The van der Waals surface area contributed by atoms with E-state index in [9.17, 15) is 0 Å². The van der Waals surface area contributed by atoms with Crippen LogP contribution in [0.3, 0.4) is 0 Å². The van der Waals surface area contributed by atoms with Crippen LogP contribution in [0.25, 0.3) is 0 Å². The van der Waals surface area contributed by atoms with Crippen molar-refractivity contribution in [2.45, 2.75) is 25.4 Å². The highest BCUT2D eigenvalue weighted by Crippen LogP contribution is 2.19. The van der Waals surface area contributed by atoms with Crippen molar-refractivity contribution in [3.63, 3.8) is 0 Å². The van der Waals surface area contributed by atoms with Gasteiger partial charge in [-0.3, -0.25) is 4.90 Å². The minimum atomic E-state index is 0.349. The monoisotopic (exact) mass is 203 g/mol. The molecule has 80 valence electrons. The zero-order chi connectivity index (χ0) is 10.7. The zero-order valence-electron chi connectivity index (χ0n) is 9.19. The summed E-state index contributed by atoms with van der Waals surface area (Å²) in [6.07, 6.45) is 10.3. The molecule has 0 radical (unpaired) electrons. The summed E-state index contributed by atoms with van der Waals surface area (Å²) in [7, 11) is 2.04. The number of nitriles is 1. The van der Waals surface area contributed by atoms with E-state index in [4.69, 9.17) is 5.26 Å². The maximum Gasteiger partial charge on any atom is 0.101 e. The van der Waals surface area contributed by atoms with Crippen LogP contribution in [-0.4, -0.2) is 36.1 Å². The number of nitrogens with zero attached hydrogens (tertiary/aromatic N) is 3. The average Bonchev–Trinajstić information content (AvgIpc) is 2.30. The van der Waals surface area contributed by atoms with Crippen molar-refractivity contribution in [3.8, 4) is 6.07 Å². The molecule has 0 spiro atoms. The first kappa shape index (κ1) is 10.3. The molecule has 0 aromatic heterocycles. The molecule has 0 aromatic rings. The van der Waals surface area contributed by atoms with Gasteiger partial charge in [0.25, 0.3) is 0 Å². The summed E-state index contributed by atoms with van der Waals surface area (Å²) in [6, 6.07) is 2.17. The first-order valence-electron chi connectivity index (χ1n) is 5.57. The maximum absolute atomic E-state index is 8.80. The van der Waals surface area contributed by atoms with Crippen LogP contribution in [0, 0.1) is 11.3 Å². The van der Waals surface area contributed by atoms with Gasteiger partial charge in [-0.2, -0.15) is 5.26 Å². The molecule has 0 aliphatic carbocycles. The molecule has 1 atom stereocenters. The number of hydrogen-bond acceptors (Lipinski definition) is 3. The minimum absolute atomic E-state index is 0.349. The van der Waals surface area contributed by atoms with Crippen LogP contribution in [0.4, 0.5) is 0 Å². The highest BCUT2D eigenvalue weighted by Gasteiger charge is 2.22. The van der Waals surface area contributed by atoms with Gasteiger partial charge in [0.2, 0.25) is 0 Å². The molecule has 0 bridgehead atoms. The van der Waals surface area contributed by atoms with Gasteiger partial charge in [0.15, 0.2) is 0 Å². The van der Waals surface area contributed by atoms with E-state index >= 15 is 0 Å². The lowest BCUT2D eigenvalue weighted by atomic mass is 10.1. The Kier molecular flexibility index (Phi) is 3.08. The van der Waals surface area contributed by atoms with Gasteiger partial charge in [0, 0.05) is 26.3 Å². The van der Waals surface area contributed by atoms with E-state index in [-0.39, 0.29) is 0 Å². The smallest absolute Gasteiger partial charge is 0.101 e. The van der Waals surface area contributed by atoms with Gasteiger partial charge in [-0.05, 0) is 25.0 Å². The lowest BCUT2D eigenvalue weighted by Crippen LogP contribution is -2.46. The van der Waals surface area contributed by atoms with Crippen molar-refractivity contribution in [3.05, 3.63) is 23.9 Å². The molecule has 0 aromatic carbocycles. The Labute approximate surface area is 91.3 Å². The molecule has 3 heteroatoms. The molecule has 15 heavy (non-hydrogen) atoms. The molecule has 1 unspecified atom stereocenters. The maximum atomic E-state index is 8.80. The van der Waals surface area contributed by atoms with Gasteiger partial charge in [0.1, 0.15) is 12.2 Å². The van der Waals surface area contributed by atoms with Crippen molar-refractivity contribution in [2.75, 3.05) is 20.1 Å². The first-order chi connectivity index (χ1) is 7.31. The Balaban J connectivity index is 2.03. The van der Waals surface area contributed by atoms with E-state index in [0.29, 0.717) is 6.17 Å². The third-order valence-electron chi connectivity index (χ3n) is 3.10. The molecular formula is C12H17N3. The Morgan fingerprint density at radius 2 is 2.07 bits per heavy atom. The van der Waals surface area contributed by atoms with Crippen LogP contribution in [-0.2, 0) is 0 Å². The largest absolute Gasteiger partial charge is 0.360 e. The molecule has 0 N–H and O–H groups in total. The predicted octanol–water partition coefficient (Wildman–Crippen LogP) is 1.71. The van der Waals surface area contributed by atoms with E-state index < -0.39 is 0 Å². The number of likely N-dealkylation sites (tertiary alicyclic amines) is 1. The quantitative estimate of drug-likeness (QED) is 0.650. The van der Waals surface area contributed by atoms with Crippen LogP contribution >= 0.6 is 0 Å². The van der Waals surface area contributed by atoms with Gasteiger partial charge in [-0.25, -0.2) is 0 Å². The fraction of sp³-hybridized carbons (Fsp3) is 0.583. The van der Waals surface area contributed by atoms with Crippen LogP contribution in [0.1, 0.15) is 19.3 Å². The zero-order valence-corrected chi connectivity index (χ0v) is 9.19. The Hall–Kier alpha value is -1.27. The predicted molar refractivity (Wildman–Crippen MR) is 59.8 cm³/mol. The number of rotatable bonds is 1. The second-order valence-electron chi connectivity index (χ2n) is 4.23. The molecule has 2 aliphatic rings. The highest BCUT2D eigenvalue weighted by molar-refractivity contribution is 5.35. The van der Waals surface area contributed by atoms with Crippen molar-refractivity contribution < 1.29 is 0 Å². The van der Waals surface area contributed by atoms with E-state index in [1.807, 2.05) is 19.3 Å². The third-order valence-corrected chi connectivity index (χ3v) is 3.10. The fourth-order valence-electron chi connectivity index (χ4n) is 2.29. The number of hydrogen-bond donors (Lipinski definition) is 0. The molecule has 1 fully saturated rings. The molecule has 3 nitrogen and oxygen atoms in total. The summed E-state index contributed by atoms with van der Waals surface area (Å²) in [4.78, 5) is 4.61. The van der Waals surface area contributed by atoms with Crippen LogP contribution in [0.2, 0.25) is 0 Å². The minimum Gasteiger partial charge on any atom is -0.360 e. The molecular weight excluding hydrogens is 186 g/mol. The van der Waals surface area contributed by atoms with E-state index in [1.54, 1.807) is 0 Å². The first-order valence-corrected chi connectivity index (χ1v) is 5.57. The molecule has 1 saturated heterocycles. The Bertz CT molecular complexity index is 318. The summed E-state index contributed by atoms with van der Waals surface area (Å²) < 4.78 is 0. The fourth-order valence-corrected chi connectivity index (χ4v) is 2.29. The topological polar surface area (TPSA) is 30.3 Å². The SMILES string of the molecule is CN1C=C(C#N)C=CC1N1CCCCC1. The second-order valence-corrected chi connectivity index (χ2v) is 4.23. The van der Waals surface area contributed by atoms with Crippen molar-refractivity contribution >= 4 is 0 Å². The van der Waals surface area contributed by atoms with E-state index in [1.165, 1.54) is 32.4 Å². The number of likely N-dealkylation sites (N-methyl/N-ethyl adjacent to an activating group) is 1. The van der Waals surface area contributed by atoms with Gasteiger partial charge in [-0.15, -0.1) is 0 Å². The van der Waals surface area contributed by atoms with Crippen LogP contribution < -0.4 is 0 Å². The van der Waals surface area contributed by atoms with Gasteiger partial charge >= 0.3 is 0 Å². The van der Waals surface area contributed by atoms with Crippen LogP contribution in [0.15, 0.2) is 23.9 Å². The lowest BCUT2D eigenvalue weighted by molar-refractivity contribution is 0.106. The van der Waals surface area contributed by atoms with Crippen molar-refractivity contribution in [2.24, 2.45) is 0 Å². The van der Waals surface area contributed by atoms with Crippen LogP contribution in [0.5, 0.6) is 0 Å². The summed E-state index contributed by atoms with van der Waals surface area (Å²) in [6.45, 7) is 2.35. The third kappa shape index (κ3) is 2.21. The van der Waals surface area contributed by atoms with E-state index in [0.717, 1.165) is 5.57 Å². The average molecular weight is 203 g/mol. The molecule has 0 saturated carbocycles. The lowest BCUT2D eigenvalue weighted by Gasteiger charge is -2.39. The van der Waals surface area contributed by atoms with Gasteiger partial charge < -0.3 is 4.90 Å². The highest BCUT2D eigenvalue weighted by atomic mass is 15.3. The van der Waals surface area contributed by atoms with Crippen molar-refractivity contribution in [1.29, 1.82) is 5.26 Å². The van der Waals surface area contributed by atoms with Gasteiger partial charge in [-0.1, -0.05) is 6.42 Å². The summed E-state index contributed by atoms with van der Waals surface area (Å²) in [5.74, 6) is 0. The molecule has 0 amide bonds. The normalized spacial score (nSPS) is 27.3. The standard InChI is InChI=1S/C12H17N3/c1-14-10-11(9-13)5-6-12(14)15-7-3-2-4-8-15/h5-6,10,12H,2-4,7-8H2,1H3. The van der Waals surface area contributed by atoms with Gasteiger partial charge in [0.05, 0.1) is 5.57 Å². The number of allylic oxidation sites excluding steroid dienone is 2. The molecule has 2 rings (SSSR count). The summed E-state index contributed by atoms with van der Waals surface area (Å²) in [5.41, 5.74) is 0.741. The number of piperidine rings is 1. The molecule has 2 aliphatic heterocycles. The Morgan fingerprint density at radius 1 is 1.33 bits per heavy atom. The van der Waals surface area contributed by atoms with Crippen molar-refractivity contribution in [1.82, 2.24) is 9.80 Å². The van der Waals surface area contributed by atoms with E-state index in [2.05, 4.69) is 21.9 Å². The summed E-state index contributed by atoms with van der Waals surface area (Å²) >= 11 is 0.